The fourth-order valence-corrected chi connectivity index (χ4v) is 3.66. The molecule has 2 heterocycles. The Kier molecular flexibility index (Phi) is 2.92. The van der Waals surface area contributed by atoms with Gasteiger partial charge >= 0.3 is 5.97 Å². The molecule has 0 bridgehead atoms. The highest BCUT2D eigenvalue weighted by Crippen LogP contribution is 2.50. The van der Waals surface area contributed by atoms with Gasteiger partial charge in [0.05, 0.1) is 24.2 Å². The molecule has 5 atom stereocenters. The summed E-state index contributed by atoms with van der Waals surface area (Å²) in [6, 6.07) is -0.336. The zero-order valence-corrected chi connectivity index (χ0v) is 11.5. The Hall–Kier alpha value is -1.40. The van der Waals surface area contributed by atoms with Crippen LogP contribution in [0.1, 0.15) is 26.7 Å². The summed E-state index contributed by atoms with van der Waals surface area (Å²) in [6.45, 7) is 3.37. The highest BCUT2D eigenvalue weighted by molar-refractivity contribution is 6.00. The average molecular weight is 281 g/mol. The Bertz CT molecular complexity index is 508. The van der Waals surface area contributed by atoms with Crippen molar-refractivity contribution in [2.75, 3.05) is 0 Å². The number of aliphatic hydroxyl groups is 2. The van der Waals surface area contributed by atoms with E-state index in [1.165, 1.54) is 4.90 Å². The van der Waals surface area contributed by atoms with Crippen molar-refractivity contribution in [3.63, 3.8) is 0 Å². The molecule has 1 saturated heterocycles. The van der Waals surface area contributed by atoms with Crippen LogP contribution >= 0.6 is 0 Å². The van der Waals surface area contributed by atoms with Crippen molar-refractivity contribution in [1.29, 1.82) is 0 Å². The topological polar surface area (TPSA) is 98.1 Å². The summed E-state index contributed by atoms with van der Waals surface area (Å²) in [5, 5.41) is 29.4. The van der Waals surface area contributed by atoms with Gasteiger partial charge in [-0.2, -0.15) is 0 Å². The number of aliphatic hydroxyl groups excluding tert-OH is 2. The summed E-state index contributed by atoms with van der Waals surface area (Å²) in [4.78, 5) is 24.8. The number of carboxylic acid groups (broad SMARTS) is 1. The molecular weight excluding hydrogens is 262 g/mol. The van der Waals surface area contributed by atoms with Crippen molar-refractivity contribution in [3.05, 3.63) is 11.3 Å². The number of amides is 1. The van der Waals surface area contributed by atoms with E-state index in [1.54, 1.807) is 6.92 Å². The van der Waals surface area contributed by atoms with Gasteiger partial charge in [-0.15, -0.1) is 0 Å². The van der Waals surface area contributed by atoms with E-state index in [0.29, 0.717) is 5.57 Å². The number of hydrogen-bond donors (Lipinski definition) is 3. The van der Waals surface area contributed by atoms with Gasteiger partial charge in [-0.1, -0.05) is 6.92 Å². The van der Waals surface area contributed by atoms with E-state index in [0.717, 1.165) is 12.8 Å². The van der Waals surface area contributed by atoms with Crippen molar-refractivity contribution in [2.24, 2.45) is 17.8 Å². The molecule has 0 radical (unpaired) electrons. The zero-order valence-electron chi connectivity index (χ0n) is 11.5. The normalized spacial score (nSPS) is 35.7. The van der Waals surface area contributed by atoms with Crippen LogP contribution in [0.4, 0.5) is 0 Å². The maximum absolute atomic E-state index is 12.1. The lowest BCUT2D eigenvalue weighted by atomic mass is 9.77. The van der Waals surface area contributed by atoms with Crippen molar-refractivity contribution >= 4 is 11.9 Å². The number of hydrogen-bond acceptors (Lipinski definition) is 4. The van der Waals surface area contributed by atoms with E-state index >= 15 is 0 Å². The first kappa shape index (κ1) is 13.6. The first-order valence-corrected chi connectivity index (χ1v) is 7.02. The van der Waals surface area contributed by atoms with Crippen LogP contribution in [0, 0.1) is 17.8 Å². The number of carbonyl (C=O) groups is 2. The molecule has 0 spiro atoms. The fourth-order valence-electron chi connectivity index (χ4n) is 3.66. The van der Waals surface area contributed by atoms with E-state index in [9.17, 15) is 24.9 Å². The number of β-lactam (4-membered cyclic amide) rings is 1. The Morgan fingerprint density at radius 1 is 1.35 bits per heavy atom. The van der Waals surface area contributed by atoms with Crippen LogP contribution < -0.4 is 0 Å². The minimum Gasteiger partial charge on any atom is -0.477 e. The fraction of sp³-hybridized carbons (Fsp3) is 0.714. The second kappa shape index (κ2) is 4.30. The molecular formula is C14H19NO5. The van der Waals surface area contributed by atoms with Crippen LogP contribution in [0.25, 0.3) is 0 Å². The van der Waals surface area contributed by atoms with Crippen LogP contribution in [0.3, 0.4) is 0 Å². The summed E-state index contributed by atoms with van der Waals surface area (Å²) < 4.78 is 0. The lowest BCUT2D eigenvalue weighted by molar-refractivity contribution is -0.163. The molecule has 3 aliphatic rings. The Balaban J connectivity index is 1.99. The molecule has 1 aliphatic carbocycles. The third-order valence-electron chi connectivity index (χ3n) is 4.82. The van der Waals surface area contributed by atoms with Crippen LogP contribution in [-0.2, 0) is 9.59 Å². The third-order valence-corrected chi connectivity index (χ3v) is 4.82. The third kappa shape index (κ3) is 1.64. The maximum atomic E-state index is 12.1. The van der Waals surface area contributed by atoms with E-state index in [4.69, 9.17) is 0 Å². The number of rotatable bonds is 4. The molecule has 110 valence electrons. The molecule has 2 aliphatic heterocycles. The van der Waals surface area contributed by atoms with Crippen LogP contribution in [-0.4, -0.2) is 50.3 Å². The number of fused-ring (bicyclic) bond motifs is 1. The predicted molar refractivity (Wildman–Crippen MR) is 68.4 cm³/mol. The summed E-state index contributed by atoms with van der Waals surface area (Å²) in [5.74, 6) is -2.21. The van der Waals surface area contributed by atoms with Crippen molar-refractivity contribution < 1.29 is 24.9 Å². The second-order valence-electron chi connectivity index (χ2n) is 6.15. The van der Waals surface area contributed by atoms with Gasteiger partial charge in [0.2, 0.25) is 5.91 Å². The lowest BCUT2D eigenvalue weighted by Crippen LogP contribution is -2.63. The van der Waals surface area contributed by atoms with E-state index in [2.05, 4.69) is 0 Å². The average Bonchev–Trinajstić information content (AvgIpc) is 3.14. The van der Waals surface area contributed by atoms with Crippen molar-refractivity contribution in [1.82, 2.24) is 4.90 Å². The van der Waals surface area contributed by atoms with Gasteiger partial charge in [0, 0.05) is 5.92 Å². The lowest BCUT2D eigenvalue weighted by Gasteiger charge is -2.46. The largest absolute Gasteiger partial charge is 0.477 e. The first-order valence-electron chi connectivity index (χ1n) is 7.02. The van der Waals surface area contributed by atoms with Crippen LogP contribution in [0.15, 0.2) is 11.3 Å². The molecule has 6 heteroatoms. The Morgan fingerprint density at radius 3 is 2.40 bits per heavy atom. The van der Waals surface area contributed by atoms with E-state index in [-0.39, 0.29) is 29.5 Å². The minimum absolute atomic E-state index is 0.0659. The standard InChI is InChI=1S/C14H19NO5/c1-5-8(12(17)7-3-4-7)11(14(19)20)15-10(5)9(6(2)16)13(15)18/h5-7,9-10,12,16-17H,3-4H2,1-2H3,(H,19,20)/t5-,6+,9+,10?,12-/m0/s1. The number of nitrogens with zero attached hydrogens (tertiary/aromatic N) is 1. The molecule has 0 aromatic rings. The van der Waals surface area contributed by atoms with Gasteiger partial charge in [-0.25, -0.2) is 4.79 Å². The highest BCUT2D eigenvalue weighted by atomic mass is 16.4. The highest BCUT2D eigenvalue weighted by Gasteiger charge is 2.61. The number of carbonyl (C=O) groups excluding carboxylic acids is 1. The molecule has 6 nitrogen and oxygen atoms in total. The molecule has 3 rings (SSSR count). The second-order valence-corrected chi connectivity index (χ2v) is 6.15. The maximum Gasteiger partial charge on any atom is 0.352 e. The van der Waals surface area contributed by atoms with Crippen LogP contribution in [0.2, 0.25) is 0 Å². The molecule has 1 unspecified atom stereocenters. The van der Waals surface area contributed by atoms with Crippen molar-refractivity contribution in [2.45, 2.75) is 44.9 Å². The van der Waals surface area contributed by atoms with Crippen LogP contribution in [0.5, 0.6) is 0 Å². The quantitative estimate of drug-likeness (QED) is 0.628. The van der Waals surface area contributed by atoms with Gasteiger partial charge in [-0.3, -0.25) is 4.79 Å². The monoisotopic (exact) mass is 281 g/mol. The molecule has 0 aromatic carbocycles. The number of carboxylic acids is 1. The summed E-state index contributed by atoms with van der Waals surface area (Å²) in [5.41, 5.74) is 0.394. The molecule has 2 fully saturated rings. The Labute approximate surface area is 116 Å². The smallest absolute Gasteiger partial charge is 0.352 e. The van der Waals surface area contributed by atoms with Crippen molar-refractivity contribution in [3.8, 4) is 0 Å². The zero-order chi connectivity index (χ0) is 14.8. The molecule has 1 amide bonds. The predicted octanol–water partition coefficient (Wildman–Crippen LogP) is -0.0465. The van der Waals surface area contributed by atoms with E-state index < -0.39 is 24.1 Å². The van der Waals surface area contributed by atoms with Gasteiger partial charge in [0.25, 0.3) is 0 Å². The van der Waals surface area contributed by atoms with E-state index in [1.807, 2.05) is 6.92 Å². The summed E-state index contributed by atoms with van der Waals surface area (Å²) in [6.07, 6.45) is 0.189. The Morgan fingerprint density at radius 2 is 1.95 bits per heavy atom. The molecule has 0 aromatic heterocycles. The molecule has 20 heavy (non-hydrogen) atoms. The van der Waals surface area contributed by atoms with Gasteiger partial charge in [-0.05, 0) is 31.3 Å². The first-order chi connectivity index (χ1) is 9.36. The minimum atomic E-state index is -1.17. The summed E-state index contributed by atoms with van der Waals surface area (Å²) in [7, 11) is 0. The van der Waals surface area contributed by atoms with Gasteiger partial charge in [0.1, 0.15) is 5.70 Å². The number of aliphatic carboxylic acids is 1. The van der Waals surface area contributed by atoms with Gasteiger partial charge in [0.15, 0.2) is 0 Å². The SMILES string of the molecule is C[C@H]1C([C@@H](O)C2CC2)=C(C(=O)O)N2C(=O)[C@H]([C@@H](C)O)C12. The molecule has 3 N–H and O–H groups in total. The molecule has 1 saturated carbocycles. The summed E-state index contributed by atoms with van der Waals surface area (Å²) >= 11 is 0. The van der Waals surface area contributed by atoms with Gasteiger partial charge < -0.3 is 20.2 Å².